The van der Waals surface area contributed by atoms with Gasteiger partial charge in [-0.3, -0.25) is 4.79 Å². The van der Waals surface area contributed by atoms with Crippen LogP contribution in [-0.4, -0.2) is 19.3 Å². The summed E-state index contributed by atoms with van der Waals surface area (Å²) in [6.07, 6.45) is 3.42. The molecule has 0 aliphatic heterocycles. The highest BCUT2D eigenvalue weighted by atomic mass is 32.2. The minimum atomic E-state index is -0.183. The van der Waals surface area contributed by atoms with E-state index < -0.39 is 0 Å². The zero-order valence-corrected chi connectivity index (χ0v) is 10.4. The lowest BCUT2D eigenvalue weighted by molar-refractivity contribution is -0.112. The summed E-state index contributed by atoms with van der Waals surface area (Å²) in [6, 6.07) is 7.69. The molecule has 1 rings (SSSR count). The third-order valence-electron chi connectivity index (χ3n) is 1.99. The van der Waals surface area contributed by atoms with Gasteiger partial charge in [0.2, 0.25) is 0 Å². The van der Waals surface area contributed by atoms with Crippen LogP contribution >= 0.6 is 11.8 Å². The van der Waals surface area contributed by atoms with Gasteiger partial charge < -0.3 is 10.1 Å². The molecule has 16 heavy (non-hydrogen) atoms. The SMILES string of the molecule is COC(C)=CC(=O)Nc1cccc(SC)c1. The maximum Gasteiger partial charge on any atom is 0.251 e. The first-order valence-corrected chi connectivity index (χ1v) is 6.05. The number of nitrogens with one attached hydrogen (secondary N) is 1. The molecular formula is C12H15NO2S. The van der Waals surface area contributed by atoms with Crippen molar-refractivity contribution in [1.29, 1.82) is 0 Å². The van der Waals surface area contributed by atoms with Gasteiger partial charge in [-0.1, -0.05) is 6.07 Å². The van der Waals surface area contributed by atoms with E-state index in [1.807, 2.05) is 30.5 Å². The Kier molecular flexibility index (Phi) is 4.92. The number of hydrogen-bond donors (Lipinski definition) is 1. The number of carbonyl (C=O) groups is 1. The molecule has 0 saturated carbocycles. The second-order valence-corrected chi connectivity index (χ2v) is 4.06. The van der Waals surface area contributed by atoms with E-state index in [1.54, 1.807) is 18.7 Å². The van der Waals surface area contributed by atoms with Crippen LogP contribution in [0.1, 0.15) is 6.92 Å². The van der Waals surface area contributed by atoms with Crippen LogP contribution < -0.4 is 5.32 Å². The van der Waals surface area contributed by atoms with E-state index in [4.69, 9.17) is 4.74 Å². The molecule has 0 bridgehead atoms. The molecule has 0 aromatic heterocycles. The van der Waals surface area contributed by atoms with Crippen molar-refractivity contribution < 1.29 is 9.53 Å². The molecule has 3 nitrogen and oxygen atoms in total. The van der Waals surface area contributed by atoms with E-state index >= 15 is 0 Å². The lowest BCUT2D eigenvalue weighted by Gasteiger charge is -2.04. The highest BCUT2D eigenvalue weighted by Gasteiger charge is 2.00. The van der Waals surface area contributed by atoms with Crippen LogP contribution in [0.2, 0.25) is 0 Å². The standard InChI is InChI=1S/C12H15NO2S/c1-9(15-2)7-12(14)13-10-5-4-6-11(8-10)16-3/h4-8H,1-3H3,(H,13,14). The van der Waals surface area contributed by atoms with Gasteiger partial charge >= 0.3 is 0 Å². The molecular weight excluding hydrogens is 222 g/mol. The summed E-state index contributed by atoms with van der Waals surface area (Å²) in [6.45, 7) is 1.73. The Labute approximate surface area is 99.9 Å². The van der Waals surface area contributed by atoms with Gasteiger partial charge in [0.25, 0.3) is 5.91 Å². The number of thioether (sulfide) groups is 1. The van der Waals surface area contributed by atoms with Crippen LogP contribution in [0.3, 0.4) is 0 Å². The van der Waals surface area contributed by atoms with Crippen molar-refractivity contribution in [3.8, 4) is 0 Å². The number of amides is 1. The highest BCUT2D eigenvalue weighted by molar-refractivity contribution is 7.98. The highest BCUT2D eigenvalue weighted by Crippen LogP contribution is 2.18. The zero-order chi connectivity index (χ0) is 12.0. The predicted molar refractivity (Wildman–Crippen MR) is 67.6 cm³/mol. The summed E-state index contributed by atoms with van der Waals surface area (Å²) in [5.41, 5.74) is 0.789. The third-order valence-corrected chi connectivity index (χ3v) is 2.72. The fraction of sp³-hybridized carbons (Fsp3) is 0.250. The van der Waals surface area contributed by atoms with Crippen molar-refractivity contribution in [3.63, 3.8) is 0 Å². The summed E-state index contributed by atoms with van der Waals surface area (Å²) in [5.74, 6) is 0.399. The van der Waals surface area contributed by atoms with Gasteiger partial charge in [0.1, 0.15) is 0 Å². The topological polar surface area (TPSA) is 38.3 Å². The van der Waals surface area contributed by atoms with E-state index in [0.29, 0.717) is 5.76 Å². The van der Waals surface area contributed by atoms with Crippen LogP contribution in [0.4, 0.5) is 5.69 Å². The summed E-state index contributed by atoms with van der Waals surface area (Å²) in [5, 5.41) is 2.77. The van der Waals surface area contributed by atoms with Gasteiger partial charge in [-0.15, -0.1) is 11.8 Å². The number of carbonyl (C=O) groups excluding carboxylic acids is 1. The number of rotatable bonds is 4. The fourth-order valence-corrected chi connectivity index (χ4v) is 1.58. The third kappa shape index (κ3) is 3.98. The van der Waals surface area contributed by atoms with Crippen molar-refractivity contribution in [2.24, 2.45) is 0 Å². The van der Waals surface area contributed by atoms with Gasteiger partial charge in [0.05, 0.1) is 12.9 Å². The molecule has 0 saturated heterocycles. The van der Waals surface area contributed by atoms with E-state index in [2.05, 4.69) is 5.32 Å². The fourth-order valence-electron chi connectivity index (χ4n) is 1.12. The lowest BCUT2D eigenvalue weighted by Crippen LogP contribution is -2.08. The molecule has 1 aromatic carbocycles. The van der Waals surface area contributed by atoms with Crippen molar-refractivity contribution in [1.82, 2.24) is 0 Å². The number of methoxy groups -OCH3 is 1. The molecule has 1 N–H and O–H groups in total. The molecule has 0 spiro atoms. The number of anilines is 1. The van der Waals surface area contributed by atoms with E-state index in [-0.39, 0.29) is 5.91 Å². The number of hydrogen-bond acceptors (Lipinski definition) is 3. The van der Waals surface area contributed by atoms with Gasteiger partial charge in [-0.05, 0) is 31.4 Å². The quantitative estimate of drug-likeness (QED) is 0.497. The van der Waals surface area contributed by atoms with Crippen molar-refractivity contribution in [3.05, 3.63) is 36.1 Å². The van der Waals surface area contributed by atoms with Crippen LogP contribution in [0.15, 0.2) is 41.0 Å². The Morgan fingerprint density at radius 1 is 1.50 bits per heavy atom. The molecule has 86 valence electrons. The zero-order valence-electron chi connectivity index (χ0n) is 9.61. The van der Waals surface area contributed by atoms with E-state index in [0.717, 1.165) is 10.6 Å². The average molecular weight is 237 g/mol. The first kappa shape index (κ1) is 12.6. The Hall–Kier alpha value is -1.42. The molecule has 0 heterocycles. The largest absolute Gasteiger partial charge is 0.501 e. The number of benzene rings is 1. The van der Waals surface area contributed by atoms with Crippen molar-refractivity contribution >= 4 is 23.4 Å². The monoisotopic (exact) mass is 237 g/mol. The maximum atomic E-state index is 11.5. The van der Waals surface area contributed by atoms with E-state index in [1.165, 1.54) is 13.2 Å². The minimum absolute atomic E-state index is 0.183. The molecule has 0 aliphatic carbocycles. The van der Waals surface area contributed by atoms with Crippen molar-refractivity contribution in [2.75, 3.05) is 18.7 Å². The average Bonchev–Trinajstić information content (AvgIpc) is 2.28. The summed E-state index contributed by atoms with van der Waals surface area (Å²) in [7, 11) is 1.54. The maximum absolute atomic E-state index is 11.5. The first-order chi connectivity index (χ1) is 7.65. The molecule has 0 unspecified atom stereocenters. The Morgan fingerprint density at radius 3 is 2.88 bits per heavy atom. The van der Waals surface area contributed by atoms with Crippen LogP contribution in [0, 0.1) is 0 Å². The molecule has 0 aliphatic rings. The second-order valence-electron chi connectivity index (χ2n) is 3.18. The molecule has 0 fully saturated rings. The van der Waals surface area contributed by atoms with Gasteiger partial charge in [-0.25, -0.2) is 0 Å². The number of ether oxygens (including phenoxy) is 1. The van der Waals surface area contributed by atoms with Gasteiger partial charge in [0.15, 0.2) is 0 Å². The normalized spacial score (nSPS) is 11.1. The van der Waals surface area contributed by atoms with E-state index in [9.17, 15) is 4.79 Å². The van der Waals surface area contributed by atoms with Crippen LogP contribution in [-0.2, 0) is 9.53 Å². The van der Waals surface area contributed by atoms with Gasteiger partial charge in [-0.2, -0.15) is 0 Å². The molecule has 1 aromatic rings. The summed E-state index contributed by atoms with van der Waals surface area (Å²) in [4.78, 5) is 12.6. The second kappa shape index (κ2) is 6.23. The van der Waals surface area contributed by atoms with Crippen LogP contribution in [0.25, 0.3) is 0 Å². The Balaban J connectivity index is 2.69. The minimum Gasteiger partial charge on any atom is -0.501 e. The molecule has 1 amide bonds. The summed E-state index contributed by atoms with van der Waals surface area (Å²) < 4.78 is 4.90. The van der Waals surface area contributed by atoms with Crippen molar-refractivity contribution in [2.45, 2.75) is 11.8 Å². The Bertz CT molecular complexity index is 402. The molecule has 0 atom stereocenters. The smallest absolute Gasteiger partial charge is 0.251 e. The first-order valence-electron chi connectivity index (χ1n) is 4.83. The van der Waals surface area contributed by atoms with Crippen LogP contribution in [0.5, 0.6) is 0 Å². The van der Waals surface area contributed by atoms with Gasteiger partial charge in [0, 0.05) is 16.7 Å². The number of allylic oxidation sites excluding steroid dienone is 1. The summed E-state index contributed by atoms with van der Waals surface area (Å²) >= 11 is 1.64. The lowest BCUT2D eigenvalue weighted by atomic mass is 10.3. The molecule has 4 heteroatoms. The predicted octanol–water partition coefficient (Wildman–Crippen LogP) is 2.90. The molecule has 0 radical (unpaired) electrons. The Morgan fingerprint density at radius 2 is 2.25 bits per heavy atom.